The Morgan fingerprint density at radius 1 is 1.19 bits per heavy atom. The van der Waals surface area contributed by atoms with Crippen LogP contribution in [0.5, 0.6) is 0 Å². The maximum atomic E-state index is 11.1. The van der Waals surface area contributed by atoms with Crippen molar-refractivity contribution >= 4 is 28.5 Å². The van der Waals surface area contributed by atoms with Crippen molar-refractivity contribution in [3.8, 4) is 5.69 Å². The average Bonchev–Trinajstić information content (AvgIpc) is 2.94. The molecule has 0 N–H and O–H groups in total. The van der Waals surface area contributed by atoms with Gasteiger partial charge in [0.1, 0.15) is 0 Å². The number of carbonyl (C=O) groups excluding carboxylic acids is 1. The number of para-hydroxylation sites is 1. The molecule has 0 atom stereocenters. The topological polar surface area (TPSA) is 22.0 Å². The van der Waals surface area contributed by atoms with Crippen molar-refractivity contribution in [2.45, 2.75) is 0 Å². The van der Waals surface area contributed by atoms with Gasteiger partial charge in [0.25, 0.3) is 0 Å². The molecule has 0 saturated heterocycles. The molecule has 0 amide bonds. The lowest BCUT2D eigenvalue weighted by atomic mass is 10.2. The maximum Gasteiger partial charge on any atom is 0.166 e. The summed E-state index contributed by atoms with van der Waals surface area (Å²) in [6.07, 6.45) is 0.900. The van der Waals surface area contributed by atoms with Gasteiger partial charge in [-0.3, -0.25) is 4.79 Å². The van der Waals surface area contributed by atoms with Gasteiger partial charge in [0.15, 0.2) is 6.29 Å². The van der Waals surface area contributed by atoms with Crippen molar-refractivity contribution in [3.63, 3.8) is 0 Å². The number of rotatable bonds is 2. The number of hydrogen-bond acceptors (Lipinski definition) is 2. The van der Waals surface area contributed by atoms with Gasteiger partial charge in [0.05, 0.1) is 16.9 Å². The van der Waals surface area contributed by atoms with Gasteiger partial charge < -0.3 is 4.57 Å². The van der Waals surface area contributed by atoms with Crippen LogP contribution in [0, 0.1) is 0 Å². The Morgan fingerprint density at radius 2 is 2.06 bits per heavy atom. The Morgan fingerprint density at radius 3 is 2.81 bits per heavy atom. The molecule has 0 aliphatic heterocycles. The van der Waals surface area contributed by atoms with Gasteiger partial charge in [-0.2, -0.15) is 11.3 Å². The zero-order valence-corrected chi connectivity index (χ0v) is 9.28. The molecule has 3 aromatic rings. The van der Waals surface area contributed by atoms with E-state index in [9.17, 15) is 4.79 Å². The van der Waals surface area contributed by atoms with Crippen LogP contribution in [0.2, 0.25) is 0 Å². The van der Waals surface area contributed by atoms with Crippen LogP contribution in [0.1, 0.15) is 10.5 Å². The van der Waals surface area contributed by atoms with Crippen LogP contribution < -0.4 is 0 Å². The molecule has 0 spiro atoms. The quantitative estimate of drug-likeness (QED) is 0.614. The number of nitrogens with zero attached hydrogens (tertiary/aromatic N) is 1. The summed E-state index contributed by atoms with van der Waals surface area (Å²) in [4.78, 5) is 11.1. The summed E-state index contributed by atoms with van der Waals surface area (Å²) in [6, 6.07) is 11.9. The van der Waals surface area contributed by atoms with E-state index in [2.05, 4.69) is 0 Å². The Hall–Kier alpha value is -1.87. The highest BCUT2D eigenvalue weighted by molar-refractivity contribution is 7.08. The largest absolute Gasteiger partial charge is 0.306 e. The van der Waals surface area contributed by atoms with Gasteiger partial charge >= 0.3 is 0 Å². The lowest BCUT2D eigenvalue weighted by molar-refractivity contribution is 0.111. The van der Waals surface area contributed by atoms with E-state index >= 15 is 0 Å². The zero-order valence-electron chi connectivity index (χ0n) is 8.46. The Balaban J connectivity index is 2.40. The number of aldehydes is 1. The van der Waals surface area contributed by atoms with Crippen molar-refractivity contribution in [1.29, 1.82) is 0 Å². The highest BCUT2D eigenvalue weighted by Crippen LogP contribution is 2.24. The molecule has 2 aromatic heterocycles. The lowest BCUT2D eigenvalue weighted by Gasteiger charge is -2.03. The van der Waals surface area contributed by atoms with Crippen molar-refractivity contribution in [2.75, 3.05) is 0 Å². The van der Waals surface area contributed by atoms with Crippen LogP contribution in [0.3, 0.4) is 0 Å². The first kappa shape index (κ1) is 9.36. The van der Waals surface area contributed by atoms with E-state index in [1.54, 1.807) is 11.3 Å². The molecule has 0 aliphatic rings. The lowest BCUT2D eigenvalue weighted by Crippen LogP contribution is -1.96. The predicted molar refractivity (Wildman–Crippen MR) is 66.5 cm³/mol. The number of benzene rings is 1. The molecule has 3 rings (SSSR count). The van der Waals surface area contributed by atoms with Crippen LogP contribution >= 0.6 is 11.3 Å². The van der Waals surface area contributed by atoms with E-state index in [-0.39, 0.29) is 0 Å². The van der Waals surface area contributed by atoms with Gasteiger partial charge in [-0.05, 0) is 23.6 Å². The molecule has 0 bridgehead atoms. The van der Waals surface area contributed by atoms with Gasteiger partial charge in [0, 0.05) is 10.8 Å². The van der Waals surface area contributed by atoms with Gasteiger partial charge in [-0.15, -0.1) is 0 Å². The third-order valence-electron chi connectivity index (χ3n) is 2.62. The molecule has 1 aromatic carbocycles. The van der Waals surface area contributed by atoms with E-state index in [1.165, 1.54) is 0 Å². The minimum absolute atomic E-state index is 0.694. The molecule has 0 saturated carbocycles. The number of carbonyl (C=O) groups is 1. The first-order valence-corrected chi connectivity index (χ1v) is 5.92. The summed E-state index contributed by atoms with van der Waals surface area (Å²) in [7, 11) is 0. The number of hydrogen-bond donors (Lipinski definition) is 0. The number of thiophene rings is 1. The van der Waals surface area contributed by atoms with E-state index in [0.29, 0.717) is 5.69 Å². The summed E-state index contributed by atoms with van der Waals surface area (Å²) in [5, 5.41) is 5.15. The van der Waals surface area contributed by atoms with Crippen molar-refractivity contribution in [2.24, 2.45) is 0 Å². The zero-order chi connectivity index (χ0) is 11.0. The van der Waals surface area contributed by atoms with Crippen LogP contribution in [0.15, 0.2) is 47.2 Å². The molecular formula is C13H9NOS. The molecule has 78 valence electrons. The van der Waals surface area contributed by atoms with E-state index in [1.807, 2.05) is 51.7 Å². The summed E-state index contributed by atoms with van der Waals surface area (Å²) >= 11 is 1.63. The summed E-state index contributed by atoms with van der Waals surface area (Å²) < 4.78 is 1.98. The Labute approximate surface area is 96.8 Å². The molecule has 16 heavy (non-hydrogen) atoms. The summed E-state index contributed by atoms with van der Waals surface area (Å²) in [6.45, 7) is 0. The second-order valence-corrected chi connectivity index (χ2v) is 4.34. The van der Waals surface area contributed by atoms with E-state index in [0.717, 1.165) is 22.9 Å². The maximum absolute atomic E-state index is 11.1. The molecule has 0 aliphatic carbocycles. The molecule has 2 nitrogen and oxygen atoms in total. The monoisotopic (exact) mass is 227 g/mol. The van der Waals surface area contributed by atoms with E-state index < -0.39 is 0 Å². The third-order valence-corrected chi connectivity index (χ3v) is 3.30. The first-order chi connectivity index (χ1) is 7.90. The van der Waals surface area contributed by atoms with E-state index in [4.69, 9.17) is 0 Å². The van der Waals surface area contributed by atoms with Crippen LogP contribution in [0.4, 0.5) is 0 Å². The van der Waals surface area contributed by atoms with Crippen molar-refractivity contribution < 1.29 is 4.79 Å². The minimum Gasteiger partial charge on any atom is -0.306 e. The predicted octanol–water partition coefficient (Wildman–Crippen LogP) is 3.50. The molecule has 0 fully saturated rings. The molecule has 2 heterocycles. The number of aromatic nitrogens is 1. The second kappa shape index (κ2) is 3.61. The fourth-order valence-electron chi connectivity index (χ4n) is 1.94. The number of fused-ring (bicyclic) bond motifs is 1. The summed E-state index contributed by atoms with van der Waals surface area (Å²) in [5.41, 5.74) is 2.82. The molecule has 3 heteroatoms. The van der Waals surface area contributed by atoms with Crippen LogP contribution in [-0.4, -0.2) is 10.9 Å². The second-order valence-electron chi connectivity index (χ2n) is 3.56. The molecule has 0 radical (unpaired) electrons. The standard InChI is InChI=1S/C13H9NOS/c15-8-12-7-10-3-1-2-4-13(10)14(12)11-5-6-16-9-11/h1-9H. The smallest absolute Gasteiger partial charge is 0.166 e. The Bertz CT molecular complexity index is 637. The van der Waals surface area contributed by atoms with Gasteiger partial charge in [-0.1, -0.05) is 18.2 Å². The highest BCUT2D eigenvalue weighted by Gasteiger charge is 2.09. The highest BCUT2D eigenvalue weighted by atomic mass is 32.1. The minimum atomic E-state index is 0.694. The first-order valence-electron chi connectivity index (χ1n) is 4.98. The molecular weight excluding hydrogens is 218 g/mol. The van der Waals surface area contributed by atoms with Gasteiger partial charge in [-0.25, -0.2) is 0 Å². The average molecular weight is 227 g/mol. The fraction of sp³-hybridized carbons (Fsp3) is 0. The summed E-state index contributed by atoms with van der Waals surface area (Å²) in [5.74, 6) is 0. The van der Waals surface area contributed by atoms with Crippen LogP contribution in [-0.2, 0) is 0 Å². The van der Waals surface area contributed by atoms with Crippen molar-refractivity contribution in [1.82, 2.24) is 4.57 Å². The Kier molecular flexibility index (Phi) is 2.11. The molecule has 0 unspecified atom stereocenters. The normalized spacial score (nSPS) is 10.8. The fourth-order valence-corrected chi connectivity index (χ4v) is 2.56. The third kappa shape index (κ3) is 1.29. The SMILES string of the molecule is O=Cc1cc2ccccc2n1-c1ccsc1. The van der Waals surface area contributed by atoms with Crippen molar-refractivity contribution in [3.05, 3.63) is 52.9 Å². The van der Waals surface area contributed by atoms with Gasteiger partial charge in [0.2, 0.25) is 0 Å². The van der Waals surface area contributed by atoms with Crippen LogP contribution in [0.25, 0.3) is 16.6 Å².